The fraction of sp³-hybridized carbons (Fsp3) is 0.417. The third-order valence-electron chi connectivity index (χ3n) is 2.65. The Morgan fingerprint density at radius 2 is 1.89 bits per heavy atom. The van der Waals surface area contributed by atoms with Gasteiger partial charge in [-0.15, -0.1) is 0 Å². The summed E-state index contributed by atoms with van der Waals surface area (Å²) in [6.07, 6.45) is 0.720. The summed E-state index contributed by atoms with van der Waals surface area (Å²) in [5.41, 5.74) is -1.43. The van der Waals surface area contributed by atoms with Crippen LogP contribution in [0.1, 0.15) is 30.6 Å². The van der Waals surface area contributed by atoms with E-state index in [1.807, 2.05) is 6.92 Å². The normalized spacial score (nSPS) is 12.3. The van der Waals surface area contributed by atoms with Crippen LogP contribution in [0.25, 0.3) is 0 Å². The van der Waals surface area contributed by atoms with Crippen molar-refractivity contribution in [2.24, 2.45) is 5.92 Å². The van der Waals surface area contributed by atoms with Gasteiger partial charge in [-0.05, 0) is 5.92 Å². The summed E-state index contributed by atoms with van der Waals surface area (Å²) in [7, 11) is 0. The molecule has 0 aliphatic heterocycles. The molecule has 1 N–H and O–H groups in total. The van der Waals surface area contributed by atoms with Crippen LogP contribution in [0.4, 0.5) is 13.2 Å². The minimum Gasteiger partial charge on any atom is -0.488 e. The fourth-order valence-electron chi connectivity index (χ4n) is 1.27. The number of benzene rings is 1. The van der Waals surface area contributed by atoms with E-state index in [4.69, 9.17) is 21.4 Å². The lowest BCUT2D eigenvalue weighted by Gasteiger charge is -2.14. The van der Waals surface area contributed by atoms with Crippen molar-refractivity contribution in [3.63, 3.8) is 0 Å². The molecule has 1 rings (SSSR count). The molecule has 1 atom stereocenters. The molecule has 0 amide bonds. The molecule has 106 valence electrons. The summed E-state index contributed by atoms with van der Waals surface area (Å²) in [6.45, 7) is 3.67. The molecule has 19 heavy (non-hydrogen) atoms. The predicted octanol–water partition coefficient (Wildman–Crippen LogP) is 3.88. The topological polar surface area (TPSA) is 46.5 Å². The van der Waals surface area contributed by atoms with Crippen LogP contribution in [0, 0.1) is 23.4 Å². The standard InChI is InChI=1S/C12H12ClF3O3/c1-3-5(2)4-19-11-7(13)8(14)6(12(17)18)9(15)10(11)16/h5H,3-4H2,1-2H3,(H,17,18). The second kappa shape index (κ2) is 6.14. The summed E-state index contributed by atoms with van der Waals surface area (Å²) in [6, 6.07) is 0. The first-order valence-electron chi connectivity index (χ1n) is 5.53. The van der Waals surface area contributed by atoms with Crippen molar-refractivity contribution in [2.45, 2.75) is 20.3 Å². The van der Waals surface area contributed by atoms with Gasteiger partial charge in [0.15, 0.2) is 17.4 Å². The molecule has 0 aliphatic rings. The van der Waals surface area contributed by atoms with Gasteiger partial charge in [-0.3, -0.25) is 0 Å². The van der Waals surface area contributed by atoms with E-state index < -0.39 is 39.8 Å². The van der Waals surface area contributed by atoms with E-state index >= 15 is 0 Å². The maximum Gasteiger partial charge on any atom is 0.341 e. The monoisotopic (exact) mass is 296 g/mol. The molecular weight excluding hydrogens is 285 g/mol. The van der Waals surface area contributed by atoms with E-state index in [1.165, 1.54) is 0 Å². The molecule has 0 fully saturated rings. The summed E-state index contributed by atoms with van der Waals surface area (Å²) in [4.78, 5) is 10.6. The molecule has 1 aromatic carbocycles. The number of hydrogen-bond donors (Lipinski definition) is 1. The number of carboxylic acids is 1. The predicted molar refractivity (Wildman–Crippen MR) is 63.2 cm³/mol. The molecule has 0 aliphatic carbocycles. The average molecular weight is 297 g/mol. The molecule has 3 nitrogen and oxygen atoms in total. The van der Waals surface area contributed by atoms with Gasteiger partial charge < -0.3 is 9.84 Å². The number of ether oxygens (including phenoxy) is 1. The van der Waals surface area contributed by atoms with Crippen molar-refractivity contribution in [3.05, 3.63) is 28.0 Å². The first-order valence-corrected chi connectivity index (χ1v) is 5.91. The third kappa shape index (κ3) is 3.12. The van der Waals surface area contributed by atoms with Crippen LogP contribution in [0.15, 0.2) is 0 Å². The lowest BCUT2D eigenvalue weighted by molar-refractivity contribution is 0.0684. The Balaban J connectivity index is 3.24. The molecule has 1 aromatic rings. The molecular formula is C12H12ClF3O3. The Hall–Kier alpha value is -1.43. The number of halogens is 4. The molecule has 0 radical (unpaired) electrons. The maximum absolute atomic E-state index is 13.6. The summed E-state index contributed by atoms with van der Waals surface area (Å²) in [5, 5.41) is 7.72. The van der Waals surface area contributed by atoms with Crippen LogP contribution in [0.3, 0.4) is 0 Å². The maximum atomic E-state index is 13.6. The molecule has 0 aromatic heterocycles. The van der Waals surface area contributed by atoms with E-state index in [-0.39, 0.29) is 12.5 Å². The first-order chi connectivity index (χ1) is 8.81. The molecule has 0 heterocycles. The molecule has 0 spiro atoms. The summed E-state index contributed by atoms with van der Waals surface area (Å²) in [5.74, 6) is -7.69. The van der Waals surface area contributed by atoms with Crippen molar-refractivity contribution in [2.75, 3.05) is 6.61 Å². The van der Waals surface area contributed by atoms with Gasteiger partial charge in [0.05, 0.1) is 6.61 Å². The lowest BCUT2D eigenvalue weighted by atomic mass is 10.1. The van der Waals surface area contributed by atoms with Gasteiger partial charge in [0.2, 0.25) is 5.82 Å². The highest BCUT2D eigenvalue weighted by atomic mass is 35.5. The fourth-order valence-corrected chi connectivity index (χ4v) is 1.50. The van der Waals surface area contributed by atoms with Crippen LogP contribution in [0.5, 0.6) is 5.75 Å². The van der Waals surface area contributed by atoms with Crippen molar-refractivity contribution in [1.29, 1.82) is 0 Å². The zero-order chi connectivity index (χ0) is 14.7. The van der Waals surface area contributed by atoms with Gasteiger partial charge in [0.25, 0.3) is 0 Å². The van der Waals surface area contributed by atoms with Gasteiger partial charge in [0.1, 0.15) is 10.6 Å². The zero-order valence-corrected chi connectivity index (χ0v) is 11.0. The van der Waals surface area contributed by atoms with Crippen LogP contribution in [-0.4, -0.2) is 17.7 Å². The second-order valence-corrected chi connectivity index (χ2v) is 4.47. The number of rotatable bonds is 5. The average Bonchev–Trinajstić information content (AvgIpc) is 2.35. The second-order valence-electron chi connectivity index (χ2n) is 4.09. The molecule has 0 saturated carbocycles. The minimum atomic E-state index is -1.94. The number of aromatic carboxylic acids is 1. The van der Waals surface area contributed by atoms with E-state index in [0.29, 0.717) is 0 Å². The number of carboxylic acid groups (broad SMARTS) is 1. The summed E-state index contributed by atoms with van der Waals surface area (Å²) >= 11 is 5.48. The Kier molecular flexibility index (Phi) is 5.05. The largest absolute Gasteiger partial charge is 0.488 e. The molecule has 0 bridgehead atoms. The Labute approximate surface area is 112 Å². The molecule has 7 heteroatoms. The highest BCUT2D eigenvalue weighted by Crippen LogP contribution is 2.35. The zero-order valence-electron chi connectivity index (χ0n) is 10.3. The Bertz CT molecular complexity index is 476. The Morgan fingerprint density at radius 1 is 1.32 bits per heavy atom. The smallest absolute Gasteiger partial charge is 0.341 e. The van der Waals surface area contributed by atoms with E-state index in [1.54, 1.807) is 6.92 Å². The van der Waals surface area contributed by atoms with Crippen molar-refractivity contribution < 1.29 is 27.8 Å². The van der Waals surface area contributed by atoms with Gasteiger partial charge in [-0.25, -0.2) is 13.6 Å². The van der Waals surface area contributed by atoms with E-state index in [9.17, 15) is 18.0 Å². The summed E-state index contributed by atoms with van der Waals surface area (Å²) < 4.78 is 45.5. The van der Waals surface area contributed by atoms with Crippen molar-refractivity contribution >= 4 is 17.6 Å². The van der Waals surface area contributed by atoms with Crippen LogP contribution in [-0.2, 0) is 0 Å². The highest BCUT2D eigenvalue weighted by molar-refractivity contribution is 6.32. The van der Waals surface area contributed by atoms with Crippen molar-refractivity contribution in [1.82, 2.24) is 0 Å². The number of hydrogen-bond acceptors (Lipinski definition) is 2. The lowest BCUT2D eigenvalue weighted by Crippen LogP contribution is -2.13. The van der Waals surface area contributed by atoms with Gasteiger partial charge in [0, 0.05) is 0 Å². The van der Waals surface area contributed by atoms with E-state index in [0.717, 1.165) is 6.42 Å². The first kappa shape index (κ1) is 15.6. The quantitative estimate of drug-likeness (QED) is 0.839. The number of carbonyl (C=O) groups is 1. The SMILES string of the molecule is CCC(C)COc1c(F)c(F)c(C(=O)O)c(F)c1Cl. The van der Waals surface area contributed by atoms with E-state index in [2.05, 4.69) is 0 Å². The molecule has 1 unspecified atom stereocenters. The van der Waals surface area contributed by atoms with Crippen molar-refractivity contribution in [3.8, 4) is 5.75 Å². The molecule has 0 saturated heterocycles. The van der Waals surface area contributed by atoms with Crippen LogP contribution in [0.2, 0.25) is 5.02 Å². The third-order valence-corrected chi connectivity index (χ3v) is 2.98. The Morgan fingerprint density at radius 3 is 2.37 bits per heavy atom. The van der Waals surface area contributed by atoms with Gasteiger partial charge >= 0.3 is 5.97 Å². The minimum absolute atomic E-state index is 0.0123. The van der Waals surface area contributed by atoms with Crippen LogP contribution >= 0.6 is 11.6 Å². The van der Waals surface area contributed by atoms with Gasteiger partial charge in [-0.2, -0.15) is 4.39 Å². The van der Waals surface area contributed by atoms with Crippen LogP contribution < -0.4 is 4.74 Å². The highest BCUT2D eigenvalue weighted by Gasteiger charge is 2.29. The van der Waals surface area contributed by atoms with Gasteiger partial charge in [-0.1, -0.05) is 31.9 Å².